The van der Waals surface area contributed by atoms with Gasteiger partial charge in [-0.05, 0) is 74.0 Å². The number of ether oxygens (including phenoxy) is 4. The van der Waals surface area contributed by atoms with Gasteiger partial charge in [-0.3, -0.25) is 24.1 Å². The maximum absolute atomic E-state index is 12.8. The Morgan fingerprint density at radius 3 is 1.75 bits per heavy atom. The van der Waals surface area contributed by atoms with Crippen LogP contribution in [0.25, 0.3) is 0 Å². The van der Waals surface area contributed by atoms with Crippen LogP contribution in [0.5, 0.6) is 0 Å². The molecule has 0 saturated heterocycles. The van der Waals surface area contributed by atoms with Crippen LogP contribution in [0.1, 0.15) is 26.7 Å². The van der Waals surface area contributed by atoms with Crippen LogP contribution in [0.15, 0.2) is 80.0 Å². The van der Waals surface area contributed by atoms with Gasteiger partial charge in [-0.1, -0.05) is 31.9 Å². The second-order valence-corrected chi connectivity index (χ2v) is 14.2. The summed E-state index contributed by atoms with van der Waals surface area (Å²) in [5.74, 6) is 0.154. The summed E-state index contributed by atoms with van der Waals surface area (Å²) in [5, 5.41) is 2.58. The SMILES string of the molecule is CCOC(=O)CC(=O)Cl.CCOC(=O)CC(=O)N(C1=C(C(=O)OC)CSC1)c1ccc(Br)cc1.COC(=O)C1=C(Nc2ccc(Br)cc2)CSC1. The van der Waals surface area contributed by atoms with Gasteiger partial charge in [0.2, 0.25) is 11.1 Å². The average molecular weight is 893 g/mol. The number of carbonyl (C=O) groups is 6. The van der Waals surface area contributed by atoms with Crippen molar-refractivity contribution >= 4 is 113 Å². The Morgan fingerprint density at radius 1 is 0.725 bits per heavy atom. The first-order valence-electron chi connectivity index (χ1n) is 15.2. The van der Waals surface area contributed by atoms with E-state index in [4.69, 9.17) is 25.8 Å². The molecule has 17 heteroatoms. The molecule has 0 unspecified atom stereocenters. The second-order valence-electron chi connectivity index (χ2n) is 10.0. The van der Waals surface area contributed by atoms with E-state index in [0.717, 1.165) is 31.7 Å². The highest BCUT2D eigenvalue weighted by molar-refractivity contribution is 9.10. The molecule has 2 aliphatic heterocycles. The number of amides is 1. The lowest BCUT2D eigenvalue weighted by molar-refractivity contribution is -0.146. The zero-order chi connectivity index (χ0) is 37.9. The summed E-state index contributed by atoms with van der Waals surface area (Å²) >= 11 is 14.8. The molecule has 0 atom stereocenters. The molecule has 2 aromatic rings. The normalized spacial score (nSPS) is 13.2. The van der Waals surface area contributed by atoms with Crippen molar-refractivity contribution in [1.29, 1.82) is 0 Å². The highest BCUT2D eigenvalue weighted by Crippen LogP contribution is 2.33. The summed E-state index contributed by atoms with van der Waals surface area (Å²) < 4.78 is 20.8. The first-order chi connectivity index (χ1) is 24.3. The predicted molar refractivity (Wildman–Crippen MR) is 205 cm³/mol. The van der Waals surface area contributed by atoms with Crippen molar-refractivity contribution in [2.45, 2.75) is 26.7 Å². The lowest BCUT2D eigenvalue weighted by atomic mass is 10.1. The summed E-state index contributed by atoms with van der Waals surface area (Å²) in [7, 11) is 2.72. The number of benzene rings is 2. The van der Waals surface area contributed by atoms with E-state index in [0.29, 0.717) is 34.2 Å². The van der Waals surface area contributed by atoms with Gasteiger partial charge in [0, 0.05) is 54.7 Å². The molecule has 12 nitrogen and oxygen atoms in total. The van der Waals surface area contributed by atoms with E-state index in [1.807, 2.05) is 24.3 Å². The molecule has 0 spiro atoms. The van der Waals surface area contributed by atoms with Crippen molar-refractivity contribution in [2.24, 2.45) is 0 Å². The van der Waals surface area contributed by atoms with Gasteiger partial charge in [-0.15, -0.1) is 0 Å². The van der Waals surface area contributed by atoms with Gasteiger partial charge in [-0.25, -0.2) is 9.59 Å². The third kappa shape index (κ3) is 15.1. The van der Waals surface area contributed by atoms with Crippen LogP contribution in [-0.2, 0) is 47.7 Å². The highest BCUT2D eigenvalue weighted by Gasteiger charge is 2.31. The number of thioether (sulfide) groups is 2. The van der Waals surface area contributed by atoms with E-state index in [9.17, 15) is 28.8 Å². The van der Waals surface area contributed by atoms with Crippen molar-refractivity contribution in [3.8, 4) is 0 Å². The lowest BCUT2D eigenvalue weighted by Crippen LogP contribution is -2.34. The Labute approximate surface area is 326 Å². The number of anilines is 2. The Balaban J connectivity index is 0.000000298. The van der Waals surface area contributed by atoms with Crippen molar-refractivity contribution in [3.05, 3.63) is 80.0 Å². The lowest BCUT2D eigenvalue weighted by Gasteiger charge is -2.24. The molecule has 1 N–H and O–H groups in total. The molecule has 2 aliphatic rings. The fraction of sp³-hybridized carbons (Fsp3) is 0.353. The quantitative estimate of drug-likeness (QED) is 0.105. The maximum Gasteiger partial charge on any atom is 0.336 e. The van der Waals surface area contributed by atoms with Gasteiger partial charge in [0.25, 0.3) is 0 Å². The number of nitrogens with zero attached hydrogens (tertiary/aromatic N) is 1. The first kappa shape index (κ1) is 43.9. The van der Waals surface area contributed by atoms with Gasteiger partial charge in [0.1, 0.15) is 12.8 Å². The van der Waals surface area contributed by atoms with Gasteiger partial charge in [0.15, 0.2) is 0 Å². The largest absolute Gasteiger partial charge is 0.466 e. The molecule has 2 aromatic carbocycles. The third-order valence-corrected chi connectivity index (χ3v) is 9.63. The minimum absolute atomic E-state index is 0.205. The standard InChI is InChI=1S/C17H18BrNO5S.C12H12BrNO2S.C5H7ClO3/c1-3-24-16(21)8-15(20)19(12-6-4-11(18)5-7-12)14-10-25-9-13(14)17(22)23-2;1-16-12(15)10-6-17-7-11(10)14-9-4-2-8(13)3-5-9;1-2-9-5(8)3-4(6)7/h4-7H,3,8-10H2,1-2H3;2-5,14H,6-7H2,1H3;2-3H2,1H3. The van der Waals surface area contributed by atoms with E-state index in [1.54, 1.807) is 49.9 Å². The van der Waals surface area contributed by atoms with Crippen LogP contribution in [0, 0.1) is 0 Å². The molecule has 0 aliphatic carbocycles. The van der Waals surface area contributed by atoms with Crippen molar-refractivity contribution in [2.75, 3.05) is 60.7 Å². The molecule has 51 heavy (non-hydrogen) atoms. The van der Waals surface area contributed by atoms with Gasteiger partial charge >= 0.3 is 23.9 Å². The number of hydrogen-bond acceptors (Lipinski definition) is 13. The number of halogens is 3. The molecule has 0 aromatic heterocycles. The summed E-state index contributed by atoms with van der Waals surface area (Å²) in [6, 6.07) is 14.9. The third-order valence-electron chi connectivity index (χ3n) is 6.49. The van der Waals surface area contributed by atoms with Crippen LogP contribution in [-0.4, -0.2) is 85.5 Å². The molecular weight excluding hydrogens is 856 g/mol. The molecule has 0 fully saturated rings. The fourth-order valence-electron chi connectivity index (χ4n) is 4.25. The van der Waals surface area contributed by atoms with Crippen LogP contribution in [0.3, 0.4) is 0 Å². The Kier molecular flexibility index (Phi) is 20.0. The van der Waals surface area contributed by atoms with Crippen LogP contribution < -0.4 is 10.2 Å². The molecule has 4 rings (SSSR count). The molecular formula is C34H37Br2ClN2O10S2. The van der Waals surface area contributed by atoms with E-state index >= 15 is 0 Å². The smallest absolute Gasteiger partial charge is 0.336 e. The maximum atomic E-state index is 12.8. The molecule has 0 bridgehead atoms. The van der Waals surface area contributed by atoms with Crippen LogP contribution >= 0.6 is 67.0 Å². The minimum Gasteiger partial charge on any atom is -0.466 e. The second kappa shape index (κ2) is 23.3. The number of methoxy groups -OCH3 is 2. The number of hydrogen-bond donors (Lipinski definition) is 1. The zero-order valence-corrected chi connectivity index (χ0v) is 33.8. The molecule has 1 amide bonds. The summed E-state index contributed by atoms with van der Waals surface area (Å²) in [6.07, 6.45) is -0.734. The van der Waals surface area contributed by atoms with E-state index in [-0.39, 0.29) is 25.6 Å². The zero-order valence-electron chi connectivity index (χ0n) is 28.3. The topological polar surface area (TPSA) is 155 Å². The Bertz CT molecular complexity index is 1620. The molecule has 276 valence electrons. The Morgan fingerprint density at radius 2 is 1.22 bits per heavy atom. The van der Waals surface area contributed by atoms with E-state index in [1.165, 1.54) is 30.9 Å². The number of rotatable bonds is 12. The van der Waals surface area contributed by atoms with Crippen LogP contribution in [0.2, 0.25) is 0 Å². The highest BCUT2D eigenvalue weighted by atomic mass is 79.9. The van der Waals surface area contributed by atoms with E-state index < -0.39 is 35.5 Å². The van der Waals surface area contributed by atoms with Gasteiger partial charge in [0.05, 0.1) is 38.6 Å². The Hall–Kier alpha value is -3.31. The van der Waals surface area contributed by atoms with E-state index in [2.05, 4.69) is 41.9 Å². The predicted octanol–water partition coefficient (Wildman–Crippen LogP) is 6.65. The first-order valence-corrected chi connectivity index (χ1v) is 19.5. The number of carbonyl (C=O) groups excluding carboxylic acids is 6. The molecule has 2 heterocycles. The van der Waals surface area contributed by atoms with Gasteiger partial charge in [-0.2, -0.15) is 23.5 Å². The number of nitrogens with one attached hydrogen (secondary N) is 1. The molecule has 0 saturated carbocycles. The summed E-state index contributed by atoms with van der Waals surface area (Å²) in [4.78, 5) is 69.8. The van der Waals surface area contributed by atoms with Crippen molar-refractivity contribution in [3.63, 3.8) is 0 Å². The van der Waals surface area contributed by atoms with Crippen molar-refractivity contribution in [1.82, 2.24) is 0 Å². The average Bonchev–Trinajstić information content (AvgIpc) is 3.77. The summed E-state index contributed by atoms with van der Waals surface area (Å²) in [5.41, 5.74) is 4.23. The molecule has 0 radical (unpaired) electrons. The number of esters is 4. The monoisotopic (exact) mass is 890 g/mol. The van der Waals surface area contributed by atoms with Crippen molar-refractivity contribution < 1.29 is 47.7 Å². The fourth-order valence-corrected chi connectivity index (χ4v) is 7.03. The van der Waals surface area contributed by atoms with Crippen LogP contribution in [0.4, 0.5) is 11.4 Å². The minimum atomic E-state index is -0.687. The van der Waals surface area contributed by atoms with Gasteiger partial charge < -0.3 is 24.3 Å². The summed E-state index contributed by atoms with van der Waals surface area (Å²) in [6.45, 7) is 3.83.